The maximum Gasteiger partial charge on any atom is 0.130 e. The molecule has 0 amide bonds. The van der Waals surface area contributed by atoms with E-state index in [-0.39, 0.29) is 5.82 Å². The van der Waals surface area contributed by atoms with Crippen molar-refractivity contribution in [3.05, 3.63) is 29.1 Å². The average molecular weight is 211 g/mol. The highest BCUT2D eigenvalue weighted by Gasteiger charge is 2.11. The zero-order valence-corrected chi connectivity index (χ0v) is 9.35. The molecule has 0 saturated heterocycles. The number of hydrogen-bond acceptors (Lipinski definition) is 2. The number of nitrogens with two attached hydrogens (primary N) is 1. The summed E-state index contributed by atoms with van der Waals surface area (Å²) in [6, 6.07) is 3.23. The van der Waals surface area contributed by atoms with Crippen molar-refractivity contribution in [2.75, 3.05) is 13.7 Å². The van der Waals surface area contributed by atoms with Crippen molar-refractivity contribution in [1.82, 2.24) is 0 Å². The van der Waals surface area contributed by atoms with Gasteiger partial charge >= 0.3 is 0 Å². The molecule has 1 aromatic carbocycles. The number of ether oxygens (including phenoxy) is 1. The Morgan fingerprint density at radius 1 is 1.33 bits per heavy atom. The molecule has 1 rings (SSSR count). The Bertz CT molecular complexity index is 326. The number of halogens is 1. The third kappa shape index (κ3) is 2.93. The third-order valence-electron chi connectivity index (χ3n) is 2.49. The summed E-state index contributed by atoms with van der Waals surface area (Å²) in [5.74, 6) is 0.487. The van der Waals surface area contributed by atoms with Crippen LogP contribution in [0.2, 0.25) is 0 Å². The topological polar surface area (TPSA) is 35.2 Å². The first-order valence-electron chi connectivity index (χ1n) is 5.22. The molecule has 2 nitrogen and oxygen atoms in total. The van der Waals surface area contributed by atoms with Gasteiger partial charge < -0.3 is 10.5 Å². The summed E-state index contributed by atoms with van der Waals surface area (Å²) in [5, 5.41) is 0. The van der Waals surface area contributed by atoms with E-state index >= 15 is 0 Å². The van der Waals surface area contributed by atoms with Crippen LogP contribution in [-0.4, -0.2) is 13.7 Å². The van der Waals surface area contributed by atoms with Gasteiger partial charge in [0.15, 0.2) is 0 Å². The lowest BCUT2D eigenvalue weighted by molar-refractivity contribution is 0.400. The molecule has 3 heteroatoms. The van der Waals surface area contributed by atoms with Gasteiger partial charge in [-0.2, -0.15) is 0 Å². The molecule has 0 aliphatic heterocycles. The van der Waals surface area contributed by atoms with Crippen LogP contribution in [0.4, 0.5) is 4.39 Å². The molecule has 0 spiro atoms. The number of methoxy groups -OCH3 is 1. The van der Waals surface area contributed by atoms with Crippen LogP contribution in [0.3, 0.4) is 0 Å². The SMILES string of the molecule is COc1c(C)ccc(F)c1CCCCN. The van der Waals surface area contributed by atoms with Crippen LogP contribution in [0.15, 0.2) is 12.1 Å². The fourth-order valence-electron chi connectivity index (χ4n) is 1.68. The maximum atomic E-state index is 13.5. The van der Waals surface area contributed by atoms with Crippen molar-refractivity contribution in [1.29, 1.82) is 0 Å². The predicted molar refractivity (Wildman–Crippen MR) is 59.7 cm³/mol. The first-order valence-corrected chi connectivity index (χ1v) is 5.22. The summed E-state index contributed by atoms with van der Waals surface area (Å²) in [7, 11) is 1.58. The zero-order valence-electron chi connectivity index (χ0n) is 9.35. The Morgan fingerprint density at radius 2 is 2.07 bits per heavy atom. The van der Waals surface area contributed by atoms with E-state index in [4.69, 9.17) is 10.5 Å². The molecule has 1 aromatic rings. The zero-order chi connectivity index (χ0) is 11.3. The van der Waals surface area contributed by atoms with Gasteiger partial charge in [0.2, 0.25) is 0 Å². The van der Waals surface area contributed by atoms with E-state index in [2.05, 4.69) is 0 Å². The van der Waals surface area contributed by atoms with Crippen LogP contribution < -0.4 is 10.5 Å². The average Bonchev–Trinajstić information content (AvgIpc) is 2.23. The molecular weight excluding hydrogens is 193 g/mol. The molecule has 0 atom stereocenters. The van der Waals surface area contributed by atoms with E-state index in [0.717, 1.165) is 18.4 Å². The lowest BCUT2D eigenvalue weighted by Gasteiger charge is -2.12. The Kier molecular flexibility index (Phi) is 4.56. The van der Waals surface area contributed by atoms with E-state index in [9.17, 15) is 4.39 Å². The summed E-state index contributed by atoms with van der Waals surface area (Å²) in [6.45, 7) is 2.57. The van der Waals surface area contributed by atoms with Crippen molar-refractivity contribution in [2.24, 2.45) is 5.73 Å². The molecule has 0 radical (unpaired) electrons. The molecule has 0 unspecified atom stereocenters. The molecule has 0 fully saturated rings. The number of aryl methyl sites for hydroxylation is 1. The summed E-state index contributed by atoms with van der Waals surface area (Å²) in [4.78, 5) is 0. The summed E-state index contributed by atoms with van der Waals surface area (Å²) in [5.41, 5.74) is 7.05. The van der Waals surface area contributed by atoms with Crippen molar-refractivity contribution >= 4 is 0 Å². The smallest absolute Gasteiger partial charge is 0.130 e. The second kappa shape index (κ2) is 5.71. The van der Waals surface area contributed by atoms with E-state index < -0.39 is 0 Å². The van der Waals surface area contributed by atoms with Crippen molar-refractivity contribution in [3.63, 3.8) is 0 Å². The fourth-order valence-corrected chi connectivity index (χ4v) is 1.68. The number of unbranched alkanes of at least 4 members (excludes halogenated alkanes) is 1. The third-order valence-corrected chi connectivity index (χ3v) is 2.49. The van der Waals surface area contributed by atoms with E-state index in [1.165, 1.54) is 6.07 Å². The lowest BCUT2D eigenvalue weighted by Crippen LogP contribution is -2.02. The first kappa shape index (κ1) is 12.0. The van der Waals surface area contributed by atoms with E-state index in [0.29, 0.717) is 24.3 Å². The van der Waals surface area contributed by atoms with E-state index in [1.807, 2.05) is 6.92 Å². The fraction of sp³-hybridized carbons (Fsp3) is 0.500. The lowest BCUT2D eigenvalue weighted by atomic mass is 10.0. The molecule has 0 bridgehead atoms. The van der Waals surface area contributed by atoms with Gasteiger partial charge in [0.25, 0.3) is 0 Å². The Balaban J connectivity index is 2.87. The Hall–Kier alpha value is -1.09. The molecule has 0 heterocycles. The molecule has 0 aromatic heterocycles. The van der Waals surface area contributed by atoms with Gasteiger partial charge in [-0.05, 0) is 44.4 Å². The number of hydrogen-bond donors (Lipinski definition) is 1. The number of benzene rings is 1. The summed E-state index contributed by atoms with van der Waals surface area (Å²) in [6.07, 6.45) is 2.50. The van der Waals surface area contributed by atoms with Gasteiger partial charge in [-0.15, -0.1) is 0 Å². The quantitative estimate of drug-likeness (QED) is 0.759. The van der Waals surface area contributed by atoms with Crippen LogP contribution in [0.5, 0.6) is 5.75 Å². The van der Waals surface area contributed by atoms with Gasteiger partial charge in [-0.3, -0.25) is 0 Å². The molecule has 0 aliphatic carbocycles. The monoisotopic (exact) mass is 211 g/mol. The minimum absolute atomic E-state index is 0.186. The van der Waals surface area contributed by atoms with E-state index in [1.54, 1.807) is 13.2 Å². The molecule has 15 heavy (non-hydrogen) atoms. The van der Waals surface area contributed by atoms with Gasteiger partial charge in [0, 0.05) is 5.56 Å². The number of rotatable bonds is 5. The normalized spacial score (nSPS) is 10.4. The molecule has 84 valence electrons. The van der Waals surface area contributed by atoms with Crippen LogP contribution in [0.25, 0.3) is 0 Å². The highest BCUT2D eigenvalue weighted by molar-refractivity contribution is 5.41. The van der Waals surface area contributed by atoms with Crippen molar-refractivity contribution in [3.8, 4) is 5.75 Å². The van der Waals surface area contributed by atoms with Crippen molar-refractivity contribution < 1.29 is 9.13 Å². The second-order valence-corrected chi connectivity index (χ2v) is 3.62. The molecular formula is C12H18FNO. The minimum Gasteiger partial charge on any atom is -0.496 e. The first-order chi connectivity index (χ1) is 7.20. The Labute approximate surface area is 90.2 Å². The molecule has 2 N–H and O–H groups in total. The van der Waals surface area contributed by atoms with Crippen LogP contribution in [-0.2, 0) is 6.42 Å². The van der Waals surface area contributed by atoms with Gasteiger partial charge in [-0.25, -0.2) is 4.39 Å². The van der Waals surface area contributed by atoms with Crippen molar-refractivity contribution in [2.45, 2.75) is 26.2 Å². The van der Waals surface area contributed by atoms with Crippen LogP contribution >= 0.6 is 0 Å². The van der Waals surface area contributed by atoms with Crippen LogP contribution in [0, 0.1) is 12.7 Å². The van der Waals surface area contributed by atoms with Gasteiger partial charge in [0.1, 0.15) is 11.6 Å². The molecule has 0 saturated carbocycles. The predicted octanol–water partition coefficient (Wildman–Crippen LogP) is 2.42. The van der Waals surface area contributed by atoms with Gasteiger partial charge in [-0.1, -0.05) is 6.07 Å². The standard InChI is InChI=1S/C12H18FNO/c1-9-6-7-11(13)10(12(9)15-2)5-3-4-8-14/h6-7H,3-5,8,14H2,1-2H3. The largest absolute Gasteiger partial charge is 0.496 e. The summed E-state index contributed by atoms with van der Waals surface area (Å²) < 4.78 is 18.7. The highest BCUT2D eigenvalue weighted by Crippen LogP contribution is 2.27. The minimum atomic E-state index is -0.186. The molecule has 0 aliphatic rings. The second-order valence-electron chi connectivity index (χ2n) is 3.62. The van der Waals surface area contributed by atoms with Crippen LogP contribution in [0.1, 0.15) is 24.0 Å². The Morgan fingerprint density at radius 3 is 2.67 bits per heavy atom. The summed E-state index contributed by atoms with van der Waals surface area (Å²) >= 11 is 0. The highest BCUT2D eigenvalue weighted by atomic mass is 19.1. The van der Waals surface area contributed by atoms with Gasteiger partial charge in [0.05, 0.1) is 7.11 Å². The maximum absolute atomic E-state index is 13.5.